The lowest BCUT2D eigenvalue weighted by Gasteiger charge is -2.19. The minimum Gasteiger partial charge on any atom is -0.389 e. The number of hydrogen-bond acceptors (Lipinski definition) is 4. The Kier molecular flexibility index (Phi) is 3.90. The van der Waals surface area contributed by atoms with Crippen molar-refractivity contribution in [2.24, 2.45) is 0 Å². The van der Waals surface area contributed by atoms with Crippen molar-refractivity contribution in [1.82, 2.24) is 4.98 Å². The average Bonchev–Trinajstić information content (AvgIpc) is 2.94. The van der Waals surface area contributed by atoms with Crippen molar-refractivity contribution in [2.45, 2.75) is 26.0 Å². The summed E-state index contributed by atoms with van der Waals surface area (Å²) < 4.78 is 1.20. The number of nitrogens with one attached hydrogen (secondary N) is 1. The Morgan fingerprint density at radius 3 is 2.81 bits per heavy atom. The van der Waals surface area contributed by atoms with E-state index < -0.39 is 6.10 Å². The van der Waals surface area contributed by atoms with E-state index in [0.29, 0.717) is 0 Å². The van der Waals surface area contributed by atoms with Gasteiger partial charge in [0.15, 0.2) is 0 Å². The normalized spacial score (nSPS) is 14.0. The molecule has 108 valence electrons. The number of aliphatic hydroxyl groups is 1. The first-order valence-corrected chi connectivity index (χ1v) is 7.90. The van der Waals surface area contributed by atoms with Crippen LogP contribution in [0.3, 0.4) is 0 Å². The number of fused-ring (bicyclic) bond motifs is 1. The molecular formula is C17H18N2OS. The summed E-state index contributed by atoms with van der Waals surface area (Å²) in [4.78, 5) is 4.48. The van der Waals surface area contributed by atoms with Gasteiger partial charge in [0.1, 0.15) is 0 Å². The predicted octanol–water partition coefficient (Wildman–Crippen LogP) is 4.52. The van der Waals surface area contributed by atoms with E-state index in [1.54, 1.807) is 18.3 Å². The highest BCUT2D eigenvalue weighted by atomic mass is 32.1. The Morgan fingerprint density at radius 2 is 2.00 bits per heavy atom. The number of thiophene rings is 1. The van der Waals surface area contributed by atoms with Crippen LogP contribution in [0.4, 0.5) is 5.69 Å². The quantitative estimate of drug-likeness (QED) is 0.744. The van der Waals surface area contributed by atoms with Gasteiger partial charge in [0, 0.05) is 17.4 Å². The Bertz CT molecular complexity index is 751. The lowest BCUT2D eigenvalue weighted by atomic mass is 10.1. The van der Waals surface area contributed by atoms with Gasteiger partial charge in [-0.15, -0.1) is 11.3 Å². The fraction of sp³-hybridized carbons (Fsp3) is 0.235. The molecule has 0 radical (unpaired) electrons. The Morgan fingerprint density at radius 1 is 1.19 bits per heavy atom. The summed E-state index contributed by atoms with van der Waals surface area (Å²) in [5.74, 6) is 0. The first-order chi connectivity index (χ1) is 10.1. The molecule has 3 aromatic rings. The number of pyridine rings is 1. The maximum Gasteiger partial charge on any atom is 0.0809 e. The molecule has 2 atom stereocenters. The van der Waals surface area contributed by atoms with Crippen molar-refractivity contribution >= 4 is 27.2 Å². The molecule has 4 heteroatoms. The Balaban J connectivity index is 1.87. The molecule has 2 aromatic heterocycles. The van der Waals surface area contributed by atoms with E-state index in [1.165, 1.54) is 4.70 Å². The van der Waals surface area contributed by atoms with Gasteiger partial charge in [-0.3, -0.25) is 4.98 Å². The van der Waals surface area contributed by atoms with Gasteiger partial charge in [-0.1, -0.05) is 18.2 Å². The first-order valence-electron chi connectivity index (χ1n) is 7.02. The molecule has 0 aliphatic heterocycles. The maximum absolute atomic E-state index is 9.85. The molecule has 0 saturated heterocycles. The summed E-state index contributed by atoms with van der Waals surface area (Å²) in [6.07, 6.45) is 1.43. The number of benzene rings is 1. The van der Waals surface area contributed by atoms with E-state index in [9.17, 15) is 5.11 Å². The van der Waals surface area contributed by atoms with Crippen LogP contribution in [0.15, 0.2) is 48.0 Å². The van der Waals surface area contributed by atoms with Crippen LogP contribution >= 0.6 is 11.3 Å². The summed E-state index contributed by atoms with van der Waals surface area (Å²) in [5, 5.41) is 15.4. The van der Waals surface area contributed by atoms with E-state index in [2.05, 4.69) is 28.7 Å². The maximum atomic E-state index is 9.85. The fourth-order valence-corrected chi connectivity index (χ4v) is 3.20. The largest absolute Gasteiger partial charge is 0.389 e. The molecule has 2 N–H and O–H groups in total. The van der Waals surface area contributed by atoms with E-state index in [4.69, 9.17) is 0 Å². The number of aliphatic hydroxyl groups excluding tert-OH is 1. The minimum absolute atomic E-state index is 0.129. The van der Waals surface area contributed by atoms with Crippen molar-refractivity contribution in [3.63, 3.8) is 0 Å². The topological polar surface area (TPSA) is 45.1 Å². The van der Waals surface area contributed by atoms with Crippen LogP contribution < -0.4 is 5.32 Å². The summed E-state index contributed by atoms with van der Waals surface area (Å²) >= 11 is 1.70. The second kappa shape index (κ2) is 5.84. The molecule has 0 fully saturated rings. The number of anilines is 1. The molecule has 1 aromatic carbocycles. The SMILES string of the molecule is CC(O)c1ccccc1NC(C)c1cnc2ccsc2c1. The molecule has 0 aliphatic rings. The zero-order chi connectivity index (χ0) is 14.8. The van der Waals surface area contributed by atoms with Crippen molar-refractivity contribution < 1.29 is 5.11 Å². The molecular weight excluding hydrogens is 280 g/mol. The molecule has 3 rings (SSSR count). The number of nitrogens with zero attached hydrogens (tertiary/aromatic N) is 1. The van der Waals surface area contributed by atoms with Gasteiger partial charge in [-0.2, -0.15) is 0 Å². The molecule has 21 heavy (non-hydrogen) atoms. The second-order valence-corrected chi connectivity index (χ2v) is 6.15. The molecule has 3 nitrogen and oxygen atoms in total. The van der Waals surface area contributed by atoms with Crippen LogP contribution in [0.25, 0.3) is 10.2 Å². The van der Waals surface area contributed by atoms with Crippen LogP contribution in [0, 0.1) is 0 Å². The Labute approximate surface area is 128 Å². The van der Waals surface area contributed by atoms with Crippen molar-refractivity contribution in [3.05, 3.63) is 59.1 Å². The predicted molar refractivity (Wildman–Crippen MR) is 88.7 cm³/mol. The van der Waals surface area contributed by atoms with Crippen LogP contribution in [0.1, 0.15) is 37.1 Å². The van der Waals surface area contributed by atoms with E-state index in [1.807, 2.05) is 36.5 Å². The van der Waals surface area contributed by atoms with Gasteiger partial charge in [-0.25, -0.2) is 0 Å². The van der Waals surface area contributed by atoms with Crippen molar-refractivity contribution in [3.8, 4) is 0 Å². The molecule has 2 unspecified atom stereocenters. The summed E-state index contributed by atoms with van der Waals surface area (Å²) in [6, 6.07) is 12.2. The van der Waals surface area contributed by atoms with Crippen LogP contribution in [-0.4, -0.2) is 10.1 Å². The van der Waals surface area contributed by atoms with Gasteiger partial charge < -0.3 is 10.4 Å². The number of aromatic nitrogens is 1. The standard InChI is InChI=1S/C17H18N2OS/c1-11(13-9-17-16(18-10-13)7-8-21-17)19-15-6-4-3-5-14(15)12(2)20/h3-12,19-20H,1-2H3. The number of para-hydroxylation sites is 1. The molecule has 0 amide bonds. The lowest BCUT2D eigenvalue weighted by molar-refractivity contribution is 0.200. The third-order valence-electron chi connectivity index (χ3n) is 3.61. The summed E-state index contributed by atoms with van der Waals surface area (Å²) in [6.45, 7) is 3.89. The number of hydrogen-bond donors (Lipinski definition) is 2. The van der Waals surface area contributed by atoms with E-state index in [-0.39, 0.29) is 6.04 Å². The van der Waals surface area contributed by atoms with Crippen molar-refractivity contribution in [1.29, 1.82) is 0 Å². The van der Waals surface area contributed by atoms with Gasteiger partial charge in [-0.05, 0) is 43.0 Å². The Hall–Kier alpha value is -1.91. The second-order valence-electron chi connectivity index (χ2n) is 5.20. The van der Waals surface area contributed by atoms with E-state index in [0.717, 1.165) is 22.3 Å². The monoisotopic (exact) mass is 298 g/mol. The van der Waals surface area contributed by atoms with Gasteiger partial charge in [0.05, 0.1) is 22.4 Å². The van der Waals surface area contributed by atoms with Gasteiger partial charge >= 0.3 is 0 Å². The van der Waals surface area contributed by atoms with Gasteiger partial charge in [0.25, 0.3) is 0 Å². The third kappa shape index (κ3) is 2.91. The number of rotatable bonds is 4. The third-order valence-corrected chi connectivity index (χ3v) is 4.46. The summed E-state index contributed by atoms with van der Waals surface area (Å²) in [5.41, 5.74) is 4.06. The zero-order valence-electron chi connectivity index (χ0n) is 12.1. The summed E-state index contributed by atoms with van der Waals surface area (Å²) in [7, 11) is 0. The smallest absolute Gasteiger partial charge is 0.0809 e. The zero-order valence-corrected chi connectivity index (χ0v) is 12.9. The molecule has 2 heterocycles. The molecule has 0 saturated carbocycles. The first kappa shape index (κ1) is 14.0. The van der Waals surface area contributed by atoms with Crippen LogP contribution in [-0.2, 0) is 0 Å². The highest BCUT2D eigenvalue weighted by molar-refractivity contribution is 7.17. The van der Waals surface area contributed by atoms with Crippen LogP contribution in [0.5, 0.6) is 0 Å². The van der Waals surface area contributed by atoms with Crippen molar-refractivity contribution in [2.75, 3.05) is 5.32 Å². The van der Waals surface area contributed by atoms with Gasteiger partial charge in [0.2, 0.25) is 0 Å². The van der Waals surface area contributed by atoms with Crippen LogP contribution in [0.2, 0.25) is 0 Å². The van der Waals surface area contributed by atoms with E-state index >= 15 is 0 Å². The molecule has 0 spiro atoms. The lowest BCUT2D eigenvalue weighted by Crippen LogP contribution is -2.09. The molecule has 0 bridgehead atoms. The highest BCUT2D eigenvalue weighted by Gasteiger charge is 2.12. The average molecular weight is 298 g/mol. The highest BCUT2D eigenvalue weighted by Crippen LogP contribution is 2.28. The minimum atomic E-state index is -0.487. The fourth-order valence-electron chi connectivity index (χ4n) is 2.41. The molecule has 0 aliphatic carbocycles.